The van der Waals surface area contributed by atoms with E-state index in [0.717, 1.165) is 0 Å². The highest BCUT2D eigenvalue weighted by Crippen LogP contribution is 2.25. The monoisotopic (exact) mass is 228 g/mol. The van der Waals surface area contributed by atoms with E-state index < -0.39 is 23.7 Å². The molecule has 1 amide bonds. The lowest BCUT2D eigenvalue weighted by molar-refractivity contribution is -0.310. The second-order valence-corrected chi connectivity index (χ2v) is 5.15. The third-order valence-electron chi connectivity index (χ3n) is 2.54. The van der Waals surface area contributed by atoms with Gasteiger partial charge in [0, 0.05) is 6.04 Å². The van der Waals surface area contributed by atoms with E-state index in [4.69, 9.17) is 4.74 Å². The Kier molecular flexibility index (Phi) is 3.45. The number of carboxylic acid groups (broad SMARTS) is 1. The molecule has 2 atom stereocenters. The highest BCUT2D eigenvalue weighted by molar-refractivity contribution is 5.79. The first-order valence-electron chi connectivity index (χ1n) is 5.44. The molecule has 92 valence electrons. The number of aliphatic carboxylic acids is 1. The first kappa shape index (κ1) is 12.8. The summed E-state index contributed by atoms with van der Waals surface area (Å²) in [6, 6.07) is -0.970. The SMILES string of the molecule is CC1CCC(C(=O)[O-])N1C(=O)OC(C)(C)C. The van der Waals surface area contributed by atoms with Crippen LogP contribution in [0.2, 0.25) is 0 Å². The fourth-order valence-electron chi connectivity index (χ4n) is 1.84. The Bertz CT molecular complexity index is 295. The molecule has 0 spiro atoms. The summed E-state index contributed by atoms with van der Waals surface area (Å²) in [7, 11) is 0. The molecule has 1 fully saturated rings. The summed E-state index contributed by atoms with van der Waals surface area (Å²) < 4.78 is 5.17. The maximum Gasteiger partial charge on any atom is 0.411 e. The third-order valence-corrected chi connectivity index (χ3v) is 2.54. The summed E-state index contributed by atoms with van der Waals surface area (Å²) >= 11 is 0. The molecule has 0 aromatic rings. The molecule has 1 rings (SSSR count). The minimum Gasteiger partial charge on any atom is -0.548 e. The third kappa shape index (κ3) is 2.87. The van der Waals surface area contributed by atoms with Crippen molar-refractivity contribution < 1.29 is 19.4 Å². The van der Waals surface area contributed by atoms with Crippen LogP contribution in [0, 0.1) is 0 Å². The van der Waals surface area contributed by atoms with Crippen LogP contribution in [0.1, 0.15) is 40.5 Å². The number of rotatable bonds is 1. The molecule has 5 nitrogen and oxygen atoms in total. The van der Waals surface area contributed by atoms with Gasteiger partial charge in [-0.05, 0) is 40.5 Å². The number of carboxylic acids is 1. The van der Waals surface area contributed by atoms with E-state index in [-0.39, 0.29) is 6.04 Å². The van der Waals surface area contributed by atoms with Crippen molar-refractivity contribution in [3.8, 4) is 0 Å². The minimum absolute atomic E-state index is 0.113. The maximum absolute atomic E-state index is 11.8. The maximum atomic E-state index is 11.8. The van der Waals surface area contributed by atoms with E-state index >= 15 is 0 Å². The van der Waals surface area contributed by atoms with Crippen molar-refractivity contribution in [3.05, 3.63) is 0 Å². The number of carbonyl (C=O) groups is 2. The smallest absolute Gasteiger partial charge is 0.411 e. The van der Waals surface area contributed by atoms with Gasteiger partial charge in [0.05, 0.1) is 12.0 Å². The number of carbonyl (C=O) groups excluding carboxylic acids is 2. The van der Waals surface area contributed by atoms with Gasteiger partial charge in [-0.1, -0.05) is 0 Å². The fourth-order valence-corrected chi connectivity index (χ4v) is 1.84. The Labute approximate surface area is 95.4 Å². The topological polar surface area (TPSA) is 69.7 Å². The highest BCUT2D eigenvalue weighted by Gasteiger charge is 2.37. The van der Waals surface area contributed by atoms with Crippen LogP contribution in [0.4, 0.5) is 4.79 Å². The molecule has 2 unspecified atom stereocenters. The fraction of sp³-hybridized carbons (Fsp3) is 0.818. The van der Waals surface area contributed by atoms with Crippen molar-refractivity contribution in [2.24, 2.45) is 0 Å². The summed E-state index contributed by atoms with van der Waals surface area (Å²) in [6.07, 6.45) is 0.521. The number of amides is 1. The van der Waals surface area contributed by atoms with Gasteiger partial charge in [-0.25, -0.2) is 4.79 Å². The van der Waals surface area contributed by atoms with Gasteiger partial charge in [0.25, 0.3) is 0 Å². The van der Waals surface area contributed by atoms with Crippen LogP contribution in [0.25, 0.3) is 0 Å². The van der Waals surface area contributed by atoms with Crippen molar-refractivity contribution in [2.75, 3.05) is 0 Å². The van der Waals surface area contributed by atoms with Gasteiger partial charge < -0.3 is 14.6 Å². The molecular formula is C11H18NO4-. The summed E-state index contributed by atoms with van der Waals surface area (Å²) in [6.45, 7) is 7.06. The standard InChI is InChI=1S/C11H19NO4/c1-7-5-6-8(9(13)14)12(7)10(15)16-11(2,3)4/h7-8H,5-6H2,1-4H3,(H,13,14)/p-1. The molecule has 0 N–H and O–H groups in total. The Morgan fingerprint density at radius 2 is 1.88 bits per heavy atom. The van der Waals surface area contributed by atoms with Gasteiger partial charge in [0.1, 0.15) is 5.60 Å². The van der Waals surface area contributed by atoms with Gasteiger partial charge >= 0.3 is 6.09 Å². The molecular weight excluding hydrogens is 210 g/mol. The van der Waals surface area contributed by atoms with Crippen LogP contribution in [0.15, 0.2) is 0 Å². The predicted molar refractivity (Wildman–Crippen MR) is 55.6 cm³/mol. The molecule has 1 aliphatic heterocycles. The quantitative estimate of drug-likeness (QED) is 0.656. The lowest BCUT2D eigenvalue weighted by Crippen LogP contribution is -2.50. The van der Waals surface area contributed by atoms with Crippen molar-refractivity contribution >= 4 is 12.1 Å². The first-order chi connectivity index (χ1) is 7.22. The average molecular weight is 228 g/mol. The molecule has 0 saturated carbocycles. The number of likely N-dealkylation sites (tertiary alicyclic amines) is 1. The molecule has 1 aliphatic rings. The van der Waals surface area contributed by atoms with Crippen molar-refractivity contribution in [2.45, 2.75) is 58.2 Å². The van der Waals surface area contributed by atoms with Gasteiger partial charge in [-0.3, -0.25) is 4.90 Å². The zero-order valence-corrected chi connectivity index (χ0v) is 10.1. The lowest BCUT2D eigenvalue weighted by atomic mass is 10.2. The minimum atomic E-state index is -1.21. The van der Waals surface area contributed by atoms with E-state index in [1.807, 2.05) is 6.92 Å². The second kappa shape index (κ2) is 4.31. The molecule has 1 heterocycles. The Balaban J connectivity index is 2.76. The molecule has 16 heavy (non-hydrogen) atoms. The average Bonchev–Trinajstić information content (AvgIpc) is 2.43. The second-order valence-electron chi connectivity index (χ2n) is 5.15. The lowest BCUT2D eigenvalue weighted by Gasteiger charge is -2.31. The van der Waals surface area contributed by atoms with Crippen LogP contribution in [0.3, 0.4) is 0 Å². The van der Waals surface area contributed by atoms with Crippen LogP contribution in [-0.4, -0.2) is 34.6 Å². The Morgan fingerprint density at radius 3 is 2.31 bits per heavy atom. The number of ether oxygens (including phenoxy) is 1. The zero-order valence-electron chi connectivity index (χ0n) is 10.1. The number of nitrogens with zero attached hydrogens (tertiary/aromatic N) is 1. The molecule has 0 aromatic heterocycles. The molecule has 0 aromatic carbocycles. The van der Waals surface area contributed by atoms with Gasteiger partial charge in [-0.15, -0.1) is 0 Å². The molecule has 1 saturated heterocycles. The van der Waals surface area contributed by atoms with Gasteiger partial charge in [0.15, 0.2) is 0 Å². The highest BCUT2D eigenvalue weighted by atomic mass is 16.6. The first-order valence-corrected chi connectivity index (χ1v) is 5.44. The predicted octanol–water partition coefficient (Wildman–Crippen LogP) is 0.524. The zero-order chi connectivity index (χ0) is 12.5. The largest absolute Gasteiger partial charge is 0.548 e. The van der Waals surface area contributed by atoms with E-state index in [0.29, 0.717) is 12.8 Å². The number of hydrogen-bond donors (Lipinski definition) is 0. The molecule has 5 heteroatoms. The van der Waals surface area contributed by atoms with Gasteiger partial charge in [-0.2, -0.15) is 0 Å². The van der Waals surface area contributed by atoms with Crippen molar-refractivity contribution in [1.29, 1.82) is 0 Å². The van der Waals surface area contributed by atoms with Crippen LogP contribution in [-0.2, 0) is 9.53 Å². The summed E-state index contributed by atoms with van der Waals surface area (Å²) in [4.78, 5) is 23.9. The Morgan fingerprint density at radius 1 is 1.31 bits per heavy atom. The molecule has 0 radical (unpaired) electrons. The van der Waals surface area contributed by atoms with Crippen LogP contribution in [0.5, 0.6) is 0 Å². The summed E-state index contributed by atoms with van der Waals surface area (Å²) in [5.41, 5.74) is -0.615. The number of hydrogen-bond acceptors (Lipinski definition) is 4. The van der Waals surface area contributed by atoms with Crippen molar-refractivity contribution in [3.63, 3.8) is 0 Å². The molecule has 0 aliphatic carbocycles. The van der Waals surface area contributed by atoms with E-state index in [2.05, 4.69) is 0 Å². The van der Waals surface area contributed by atoms with E-state index in [9.17, 15) is 14.7 Å². The van der Waals surface area contributed by atoms with Crippen LogP contribution >= 0.6 is 0 Å². The summed E-state index contributed by atoms with van der Waals surface area (Å²) in [5.74, 6) is -1.21. The van der Waals surface area contributed by atoms with Crippen LogP contribution < -0.4 is 5.11 Å². The summed E-state index contributed by atoms with van der Waals surface area (Å²) in [5, 5.41) is 10.9. The normalized spacial score (nSPS) is 25.6. The van der Waals surface area contributed by atoms with Gasteiger partial charge in [0.2, 0.25) is 0 Å². The van der Waals surface area contributed by atoms with E-state index in [1.54, 1.807) is 20.8 Å². The van der Waals surface area contributed by atoms with E-state index in [1.165, 1.54) is 4.90 Å². The van der Waals surface area contributed by atoms with Crippen molar-refractivity contribution in [1.82, 2.24) is 4.90 Å². The molecule has 0 bridgehead atoms. The Hall–Kier alpha value is -1.26.